The summed E-state index contributed by atoms with van der Waals surface area (Å²) in [6.45, 7) is 2.14. The van der Waals surface area contributed by atoms with Crippen molar-refractivity contribution in [2.24, 2.45) is 0 Å². The summed E-state index contributed by atoms with van der Waals surface area (Å²) in [5.41, 5.74) is 7.56. The van der Waals surface area contributed by atoms with Crippen LogP contribution in [0.2, 0.25) is 0 Å². The van der Waals surface area contributed by atoms with E-state index in [-0.39, 0.29) is 6.04 Å². The van der Waals surface area contributed by atoms with E-state index in [0.29, 0.717) is 0 Å². The Morgan fingerprint density at radius 2 is 1.93 bits per heavy atom. The normalized spacial score (nSPS) is 12.3. The molecule has 0 saturated carbocycles. The average Bonchev–Trinajstić information content (AvgIpc) is 3.22. The smallest absolute Gasteiger partial charge is 0.0923 e. The predicted molar refractivity (Wildman–Crippen MR) is 117 cm³/mol. The van der Waals surface area contributed by atoms with Crippen molar-refractivity contribution >= 4 is 27.6 Å². The monoisotopic (exact) mass is 379 g/mol. The summed E-state index contributed by atoms with van der Waals surface area (Å²) in [7, 11) is 0. The van der Waals surface area contributed by atoms with Crippen LogP contribution in [-0.2, 0) is 6.42 Å². The molecule has 0 radical (unpaired) electrons. The number of rotatable bonds is 5. The van der Waals surface area contributed by atoms with E-state index < -0.39 is 0 Å². The van der Waals surface area contributed by atoms with Gasteiger partial charge in [-0.05, 0) is 65.8 Å². The second kappa shape index (κ2) is 7.36. The Morgan fingerprint density at radius 1 is 1.00 bits per heavy atom. The number of nitrogens with zero attached hydrogens (tertiary/aromatic N) is 3. The lowest BCUT2D eigenvalue weighted by Gasteiger charge is -2.17. The van der Waals surface area contributed by atoms with E-state index in [1.165, 1.54) is 10.9 Å². The molecular weight excluding hydrogens is 358 g/mol. The van der Waals surface area contributed by atoms with Crippen LogP contribution in [-0.4, -0.2) is 19.9 Å². The van der Waals surface area contributed by atoms with E-state index in [4.69, 9.17) is 0 Å². The molecule has 3 aromatic heterocycles. The molecule has 0 aliphatic rings. The Balaban J connectivity index is 1.51. The second-order valence-electron chi connectivity index (χ2n) is 7.29. The van der Waals surface area contributed by atoms with Crippen LogP contribution < -0.4 is 5.32 Å². The lowest BCUT2D eigenvalue weighted by molar-refractivity contribution is 0.875. The lowest BCUT2D eigenvalue weighted by atomic mass is 10.0. The van der Waals surface area contributed by atoms with E-state index in [1.54, 1.807) is 18.6 Å². The molecule has 29 heavy (non-hydrogen) atoms. The maximum Gasteiger partial charge on any atom is 0.0923 e. The molecule has 5 aromatic rings. The van der Waals surface area contributed by atoms with E-state index in [1.807, 2.05) is 18.5 Å². The Bertz CT molecular complexity index is 1280. The minimum Gasteiger partial charge on any atom is -0.378 e. The first-order valence-electron chi connectivity index (χ1n) is 9.72. The van der Waals surface area contributed by atoms with Crippen molar-refractivity contribution in [1.82, 2.24) is 19.9 Å². The number of aromatic nitrogens is 4. The van der Waals surface area contributed by atoms with Crippen molar-refractivity contribution in [3.8, 4) is 0 Å². The highest BCUT2D eigenvalue weighted by atomic mass is 14.9. The van der Waals surface area contributed by atoms with Gasteiger partial charge in [-0.2, -0.15) is 0 Å². The predicted octanol–water partition coefficient (Wildman–Crippen LogP) is 5.27. The van der Waals surface area contributed by atoms with Gasteiger partial charge in [0.1, 0.15) is 0 Å². The molecule has 0 aliphatic carbocycles. The third-order valence-electron chi connectivity index (χ3n) is 5.23. The Labute approximate surface area is 168 Å². The highest BCUT2D eigenvalue weighted by Gasteiger charge is 2.11. The molecule has 142 valence electrons. The largest absolute Gasteiger partial charge is 0.378 e. The molecule has 0 amide bonds. The Kier molecular flexibility index (Phi) is 4.41. The van der Waals surface area contributed by atoms with Gasteiger partial charge in [-0.15, -0.1) is 0 Å². The molecule has 1 atom stereocenters. The van der Waals surface area contributed by atoms with Crippen LogP contribution in [0.5, 0.6) is 0 Å². The maximum atomic E-state index is 4.60. The summed E-state index contributed by atoms with van der Waals surface area (Å²) in [5.74, 6) is 0. The van der Waals surface area contributed by atoms with Crippen LogP contribution in [0, 0.1) is 0 Å². The zero-order chi connectivity index (χ0) is 19.6. The molecule has 3 heterocycles. The topological polar surface area (TPSA) is 66.5 Å². The summed E-state index contributed by atoms with van der Waals surface area (Å²) in [5, 5.41) is 4.81. The summed E-state index contributed by atoms with van der Waals surface area (Å²) >= 11 is 0. The lowest BCUT2D eigenvalue weighted by Crippen LogP contribution is -2.07. The fourth-order valence-electron chi connectivity index (χ4n) is 3.76. The number of pyridine rings is 1. The van der Waals surface area contributed by atoms with Gasteiger partial charge in [0.2, 0.25) is 0 Å². The van der Waals surface area contributed by atoms with Gasteiger partial charge in [0.15, 0.2) is 0 Å². The van der Waals surface area contributed by atoms with Gasteiger partial charge in [0.05, 0.1) is 17.1 Å². The fraction of sp³-hybridized carbons (Fsp3) is 0.125. The van der Waals surface area contributed by atoms with Crippen LogP contribution in [0.4, 0.5) is 5.69 Å². The molecule has 5 rings (SSSR count). The molecule has 0 saturated heterocycles. The molecule has 0 aliphatic heterocycles. The zero-order valence-corrected chi connectivity index (χ0v) is 16.1. The van der Waals surface area contributed by atoms with Crippen molar-refractivity contribution < 1.29 is 0 Å². The van der Waals surface area contributed by atoms with Crippen molar-refractivity contribution in [1.29, 1.82) is 0 Å². The minimum absolute atomic E-state index is 0.140. The van der Waals surface area contributed by atoms with Gasteiger partial charge in [0, 0.05) is 42.2 Å². The van der Waals surface area contributed by atoms with E-state index >= 15 is 0 Å². The molecule has 5 nitrogen and oxygen atoms in total. The summed E-state index contributed by atoms with van der Waals surface area (Å²) in [6, 6.07) is 17.1. The molecule has 0 spiro atoms. The van der Waals surface area contributed by atoms with Gasteiger partial charge in [-0.25, -0.2) is 0 Å². The van der Waals surface area contributed by atoms with Gasteiger partial charge in [-0.1, -0.05) is 18.2 Å². The third kappa shape index (κ3) is 3.55. The van der Waals surface area contributed by atoms with Gasteiger partial charge < -0.3 is 10.3 Å². The first-order chi connectivity index (χ1) is 14.3. The first kappa shape index (κ1) is 17.4. The van der Waals surface area contributed by atoms with Crippen LogP contribution in [0.25, 0.3) is 21.9 Å². The number of hydrogen-bond donors (Lipinski definition) is 2. The van der Waals surface area contributed by atoms with Crippen molar-refractivity contribution in [3.05, 3.63) is 96.2 Å². The highest BCUT2D eigenvalue weighted by Crippen LogP contribution is 2.27. The number of anilines is 1. The number of fused-ring (bicyclic) bond motifs is 2. The van der Waals surface area contributed by atoms with E-state index in [2.05, 4.69) is 74.6 Å². The van der Waals surface area contributed by atoms with Crippen LogP contribution in [0.1, 0.15) is 29.7 Å². The average molecular weight is 379 g/mol. The summed E-state index contributed by atoms with van der Waals surface area (Å²) in [4.78, 5) is 16.7. The molecule has 5 heteroatoms. The van der Waals surface area contributed by atoms with Crippen molar-refractivity contribution in [2.75, 3.05) is 5.32 Å². The molecule has 0 fully saturated rings. The second-order valence-corrected chi connectivity index (χ2v) is 7.29. The molecule has 2 aromatic carbocycles. The number of nitrogens with one attached hydrogen (secondary N) is 2. The zero-order valence-electron chi connectivity index (χ0n) is 16.1. The standard InChI is InChI=1S/C24H21N5/c1-16(19-3-2-7-25-15-19)29-21-13-20(24-23(14-21)27-9-10-28-24)11-17-4-5-18-6-8-26-22(18)12-17/h2-10,12-16,26,29H,11H2,1H3. The fourth-order valence-corrected chi connectivity index (χ4v) is 3.76. The molecule has 2 N–H and O–H groups in total. The van der Waals surface area contributed by atoms with Crippen molar-refractivity contribution in [2.45, 2.75) is 19.4 Å². The first-order valence-corrected chi connectivity index (χ1v) is 9.72. The Hall–Kier alpha value is -3.73. The molecule has 0 bridgehead atoms. The van der Waals surface area contributed by atoms with Gasteiger partial charge in [0.25, 0.3) is 0 Å². The van der Waals surface area contributed by atoms with Crippen molar-refractivity contribution in [3.63, 3.8) is 0 Å². The van der Waals surface area contributed by atoms with Crippen LogP contribution >= 0.6 is 0 Å². The SMILES string of the molecule is CC(Nc1cc(Cc2ccc3cc[nH]c3c2)c2nccnc2c1)c1cccnc1. The van der Waals surface area contributed by atoms with Gasteiger partial charge >= 0.3 is 0 Å². The number of hydrogen-bond acceptors (Lipinski definition) is 4. The summed E-state index contributed by atoms with van der Waals surface area (Å²) in [6.07, 6.45) is 9.95. The van der Waals surface area contributed by atoms with Crippen LogP contribution in [0.3, 0.4) is 0 Å². The van der Waals surface area contributed by atoms with E-state index in [0.717, 1.165) is 39.8 Å². The number of aromatic amines is 1. The minimum atomic E-state index is 0.140. The molecule has 1 unspecified atom stereocenters. The quantitative estimate of drug-likeness (QED) is 0.436. The van der Waals surface area contributed by atoms with E-state index in [9.17, 15) is 0 Å². The third-order valence-corrected chi connectivity index (χ3v) is 5.23. The molecular formula is C24H21N5. The van der Waals surface area contributed by atoms with Gasteiger partial charge in [-0.3, -0.25) is 15.0 Å². The van der Waals surface area contributed by atoms with Crippen LogP contribution in [0.15, 0.2) is 79.5 Å². The Morgan fingerprint density at radius 3 is 2.83 bits per heavy atom. The summed E-state index contributed by atoms with van der Waals surface area (Å²) < 4.78 is 0. The highest BCUT2D eigenvalue weighted by molar-refractivity contribution is 5.83. The number of benzene rings is 2. The maximum absolute atomic E-state index is 4.60. The number of H-pyrrole nitrogens is 1.